The van der Waals surface area contributed by atoms with Crippen molar-refractivity contribution in [2.75, 3.05) is 7.11 Å². The Morgan fingerprint density at radius 1 is 1.29 bits per heavy atom. The number of phenolic OH excluding ortho intramolecular Hbond substituents is 1. The molecule has 0 aliphatic carbocycles. The van der Waals surface area contributed by atoms with Gasteiger partial charge in [0.25, 0.3) is 0 Å². The number of hydrogen-bond acceptors (Lipinski definition) is 3. The van der Waals surface area contributed by atoms with Crippen LogP contribution < -0.4 is 4.74 Å². The van der Waals surface area contributed by atoms with E-state index in [1.807, 2.05) is 31.2 Å². The number of allylic oxidation sites excluding steroid dienone is 1. The number of ether oxygens (including phenoxy) is 1. The van der Waals surface area contributed by atoms with Crippen molar-refractivity contribution in [2.45, 2.75) is 6.92 Å². The van der Waals surface area contributed by atoms with Crippen molar-refractivity contribution in [2.24, 2.45) is 0 Å². The maximum absolute atomic E-state index is 9.80. The Balaban J connectivity index is 2.48. The molecule has 0 atom stereocenters. The van der Waals surface area contributed by atoms with Crippen LogP contribution in [0.15, 0.2) is 40.9 Å². The average Bonchev–Trinajstić information content (AvgIpc) is 2.49. The fourth-order valence-corrected chi connectivity index (χ4v) is 2.37. The SMILES string of the molecule is COc1cc(/C=C(\C#N)c2ccc(C)cc2)cc(Br)c1O. The van der Waals surface area contributed by atoms with Crippen molar-refractivity contribution in [3.8, 4) is 17.6 Å². The molecule has 2 aromatic carbocycles. The molecule has 0 saturated carbocycles. The number of benzene rings is 2. The van der Waals surface area contributed by atoms with E-state index in [1.54, 1.807) is 18.2 Å². The number of aromatic hydroxyl groups is 1. The molecule has 0 aliphatic heterocycles. The van der Waals surface area contributed by atoms with Crippen LogP contribution in [0.3, 0.4) is 0 Å². The number of phenols is 1. The van der Waals surface area contributed by atoms with Crippen LogP contribution in [0, 0.1) is 18.3 Å². The van der Waals surface area contributed by atoms with E-state index in [4.69, 9.17) is 4.74 Å². The van der Waals surface area contributed by atoms with Crippen molar-refractivity contribution < 1.29 is 9.84 Å². The summed E-state index contributed by atoms with van der Waals surface area (Å²) in [6, 6.07) is 13.4. The fraction of sp³-hybridized carbons (Fsp3) is 0.118. The largest absolute Gasteiger partial charge is 0.503 e. The maximum Gasteiger partial charge on any atom is 0.172 e. The molecule has 1 N–H and O–H groups in total. The summed E-state index contributed by atoms with van der Waals surface area (Å²) < 4.78 is 5.63. The van der Waals surface area contributed by atoms with E-state index in [1.165, 1.54) is 7.11 Å². The van der Waals surface area contributed by atoms with E-state index in [0.717, 1.165) is 16.7 Å². The van der Waals surface area contributed by atoms with E-state index >= 15 is 0 Å². The molecule has 0 spiro atoms. The van der Waals surface area contributed by atoms with Crippen LogP contribution in [0.5, 0.6) is 11.5 Å². The molecule has 106 valence electrons. The molecule has 0 radical (unpaired) electrons. The molecule has 2 aromatic rings. The topological polar surface area (TPSA) is 53.2 Å². The Labute approximate surface area is 132 Å². The molecule has 3 nitrogen and oxygen atoms in total. The molecule has 21 heavy (non-hydrogen) atoms. The van der Waals surface area contributed by atoms with Gasteiger partial charge in [-0.25, -0.2) is 0 Å². The molecule has 0 unspecified atom stereocenters. The Hall–Kier alpha value is -2.25. The number of methoxy groups -OCH3 is 1. The highest BCUT2D eigenvalue weighted by molar-refractivity contribution is 9.10. The van der Waals surface area contributed by atoms with Gasteiger partial charge in [-0.2, -0.15) is 5.26 Å². The quantitative estimate of drug-likeness (QED) is 0.657. The van der Waals surface area contributed by atoms with Crippen molar-refractivity contribution in [1.29, 1.82) is 5.26 Å². The Bertz CT molecular complexity index is 728. The van der Waals surface area contributed by atoms with Gasteiger partial charge >= 0.3 is 0 Å². The lowest BCUT2D eigenvalue weighted by molar-refractivity contribution is 0.372. The Morgan fingerprint density at radius 2 is 1.95 bits per heavy atom. The van der Waals surface area contributed by atoms with Gasteiger partial charge in [-0.3, -0.25) is 0 Å². The highest BCUT2D eigenvalue weighted by atomic mass is 79.9. The number of nitriles is 1. The highest BCUT2D eigenvalue weighted by Gasteiger charge is 2.09. The van der Waals surface area contributed by atoms with Gasteiger partial charge < -0.3 is 9.84 Å². The van der Waals surface area contributed by atoms with Gasteiger partial charge in [0, 0.05) is 0 Å². The third-order valence-electron chi connectivity index (χ3n) is 3.06. The summed E-state index contributed by atoms with van der Waals surface area (Å²) in [6.45, 7) is 2.00. The Kier molecular flexibility index (Phi) is 4.66. The van der Waals surface area contributed by atoms with Crippen LogP contribution in [-0.4, -0.2) is 12.2 Å². The summed E-state index contributed by atoms with van der Waals surface area (Å²) in [5, 5.41) is 19.2. The molecule has 0 aromatic heterocycles. The second kappa shape index (κ2) is 6.47. The standard InChI is InChI=1S/C17H14BrNO2/c1-11-3-5-13(6-4-11)14(10-19)7-12-8-15(18)17(20)16(9-12)21-2/h3-9,20H,1-2H3/b14-7+. The number of nitrogens with zero attached hydrogens (tertiary/aromatic N) is 1. The Morgan fingerprint density at radius 3 is 2.52 bits per heavy atom. The van der Waals surface area contributed by atoms with Crippen molar-refractivity contribution in [3.63, 3.8) is 0 Å². The minimum absolute atomic E-state index is 0.0449. The first-order valence-corrected chi connectivity index (χ1v) is 7.09. The van der Waals surface area contributed by atoms with E-state index in [-0.39, 0.29) is 5.75 Å². The van der Waals surface area contributed by atoms with Gasteiger partial charge in [0.15, 0.2) is 11.5 Å². The lowest BCUT2D eigenvalue weighted by atomic mass is 10.0. The third kappa shape index (κ3) is 3.45. The molecule has 0 amide bonds. The monoisotopic (exact) mass is 343 g/mol. The predicted molar refractivity (Wildman–Crippen MR) is 87.0 cm³/mol. The zero-order valence-corrected chi connectivity index (χ0v) is 13.3. The first kappa shape index (κ1) is 15.1. The zero-order valence-electron chi connectivity index (χ0n) is 11.7. The van der Waals surface area contributed by atoms with E-state index in [9.17, 15) is 10.4 Å². The van der Waals surface area contributed by atoms with E-state index in [0.29, 0.717) is 15.8 Å². The highest BCUT2D eigenvalue weighted by Crippen LogP contribution is 2.36. The number of halogens is 1. The first-order chi connectivity index (χ1) is 10.0. The van der Waals surface area contributed by atoms with Crippen molar-refractivity contribution >= 4 is 27.6 Å². The summed E-state index contributed by atoms with van der Waals surface area (Å²) in [7, 11) is 1.49. The van der Waals surface area contributed by atoms with Crippen molar-refractivity contribution in [3.05, 3.63) is 57.6 Å². The molecule has 4 heteroatoms. The van der Waals surface area contributed by atoms with E-state index in [2.05, 4.69) is 22.0 Å². The maximum atomic E-state index is 9.80. The minimum atomic E-state index is 0.0449. The van der Waals surface area contributed by atoms with Crippen LogP contribution >= 0.6 is 15.9 Å². The minimum Gasteiger partial charge on any atom is -0.503 e. The van der Waals surface area contributed by atoms with Crippen LogP contribution in [0.4, 0.5) is 0 Å². The van der Waals surface area contributed by atoms with Crippen molar-refractivity contribution in [1.82, 2.24) is 0 Å². The summed E-state index contributed by atoms with van der Waals surface area (Å²) in [5.41, 5.74) is 3.32. The van der Waals surface area contributed by atoms with Gasteiger partial charge in [-0.05, 0) is 52.2 Å². The molecular formula is C17H14BrNO2. The van der Waals surface area contributed by atoms with Gasteiger partial charge in [0.05, 0.1) is 23.2 Å². The second-order valence-electron chi connectivity index (χ2n) is 4.59. The van der Waals surface area contributed by atoms with Gasteiger partial charge in [-0.15, -0.1) is 0 Å². The lowest BCUT2D eigenvalue weighted by Gasteiger charge is -2.07. The smallest absolute Gasteiger partial charge is 0.172 e. The zero-order chi connectivity index (χ0) is 15.4. The normalized spacial score (nSPS) is 11.0. The fourth-order valence-electron chi connectivity index (χ4n) is 1.91. The molecule has 2 rings (SSSR count). The second-order valence-corrected chi connectivity index (χ2v) is 5.44. The third-order valence-corrected chi connectivity index (χ3v) is 3.67. The number of hydrogen-bond donors (Lipinski definition) is 1. The molecule has 0 heterocycles. The average molecular weight is 344 g/mol. The summed E-state index contributed by atoms with van der Waals surface area (Å²) in [5.74, 6) is 0.403. The number of rotatable bonds is 3. The number of aryl methyl sites for hydroxylation is 1. The van der Waals surface area contributed by atoms with Crippen LogP contribution in [0.1, 0.15) is 16.7 Å². The molecule has 0 aliphatic rings. The lowest BCUT2D eigenvalue weighted by Crippen LogP contribution is -1.87. The van der Waals surface area contributed by atoms with Gasteiger partial charge in [0.2, 0.25) is 0 Å². The van der Waals surface area contributed by atoms with Gasteiger partial charge in [0.1, 0.15) is 0 Å². The molecule has 0 saturated heterocycles. The molecular weight excluding hydrogens is 330 g/mol. The molecule has 0 fully saturated rings. The van der Waals surface area contributed by atoms with Crippen LogP contribution in [0.2, 0.25) is 0 Å². The summed E-state index contributed by atoms with van der Waals surface area (Å²) >= 11 is 3.27. The van der Waals surface area contributed by atoms with Gasteiger partial charge in [-0.1, -0.05) is 29.8 Å². The summed E-state index contributed by atoms with van der Waals surface area (Å²) in [4.78, 5) is 0. The van der Waals surface area contributed by atoms with Crippen LogP contribution in [-0.2, 0) is 0 Å². The molecule has 0 bridgehead atoms. The predicted octanol–water partition coefficient (Wildman–Crippen LogP) is 4.54. The summed E-state index contributed by atoms with van der Waals surface area (Å²) in [6.07, 6.45) is 1.76. The van der Waals surface area contributed by atoms with Crippen LogP contribution in [0.25, 0.3) is 11.6 Å². The van der Waals surface area contributed by atoms with E-state index < -0.39 is 0 Å². The first-order valence-electron chi connectivity index (χ1n) is 6.30.